The maximum absolute atomic E-state index is 12.4. The Morgan fingerprint density at radius 1 is 1.18 bits per heavy atom. The average molecular weight is 434 g/mol. The summed E-state index contributed by atoms with van der Waals surface area (Å²) >= 11 is 3.29. The first kappa shape index (κ1) is 20.5. The van der Waals surface area contributed by atoms with E-state index in [0.717, 1.165) is 21.3 Å². The minimum Gasteiger partial charge on any atom is -0.322 e. The van der Waals surface area contributed by atoms with E-state index in [9.17, 15) is 13.2 Å². The van der Waals surface area contributed by atoms with E-state index in [1.54, 1.807) is 59.5 Å². The number of hydrogen-bond acceptors (Lipinski definition) is 6. The fourth-order valence-corrected chi connectivity index (χ4v) is 4.92. The molecule has 1 aromatic heterocycles. The van der Waals surface area contributed by atoms with Crippen molar-refractivity contribution in [3.8, 4) is 0 Å². The SMILES string of the molecule is Cc1csc(SCc2ccc(C(=O)Nc3cccc(CS(N)(=O)=O)c3)cc2)n1. The van der Waals surface area contributed by atoms with Crippen molar-refractivity contribution in [2.45, 2.75) is 22.8 Å². The number of nitrogens with zero attached hydrogens (tertiary/aromatic N) is 1. The van der Waals surface area contributed by atoms with Gasteiger partial charge in [0, 0.05) is 28.1 Å². The van der Waals surface area contributed by atoms with Gasteiger partial charge in [-0.3, -0.25) is 4.79 Å². The summed E-state index contributed by atoms with van der Waals surface area (Å²) in [7, 11) is -3.62. The molecule has 0 atom stereocenters. The van der Waals surface area contributed by atoms with Crippen LogP contribution in [0.3, 0.4) is 0 Å². The number of amides is 1. The second-order valence-electron chi connectivity index (χ2n) is 6.20. The third-order valence-electron chi connectivity index (χ3n) is 3.73. The molecule has 0 radical (unpaired) electrons. The van der Waals surface area contributed by atoms with Gasteiger partial charge in [0.2, 0.25) is 10.0 Å². The predicted octanol–water partition coefficient (Wildman–Crippen LogP) is 3.78. The summed E-state index contributed by atoms with van der Waals surface area (Å²) in [4.78, 5) is 16.9. The van der Waals surface area contributed by atoms with Gasteiger partial charge in [-0.2, -0.15) is 0 Å². The van der Waals surface area contributed by atoms with Crippen molar-refractivity contribution in [2.24, 2.45) is 5.14 Å². The van der Waals surface area contributed by atoms with Gasteiger partial charge in [-0.05, 0) is 42.3 Å². The number of rotatable bonds is 7. The molecule has 9 heteroatoms. The molecule has 3 rings (SSSR count). The zero-order valence-electron chi connectivity index (χ0n) is 15.1. The number of benzene rings is 2. The summed E-state index contributed by atoms with van der Waals surface area (Å²) < 4.78 is 23.5. The van der Waals surface area contributed by atoms with Gasteiger partial charge in [0.15, 0.2) is 0 Å². The molecule has 0 bridgehead atoms. The van der Waals surface area contributed by atoms with E-state index in [2.05, 4.69) is 10.3 Å². The van der Waals surface area contributed by atoms with Gasteiger partial charge in [-0.1, -0.05) is 36.0 Å². The molecule has 3 N–H and O–H groups in total. The third-order valence-corrected chi connectivity index (χ3v) is 6.67. The number of thioether (sulfide) groups is 1. The number of thiazole rings is 1. The number of hydrogen-bond donors (Lipinski definition) is 2. The summed E-state index contributed by atoms with van der Waals surface area (Å²) in [6.45, 7) is 1.97. The molecule has 0 spiro atoms. The Morgan fingerprint density at radius 2 is 1.93 bits per heavy atom. The number of carbonyl (C=O) groups is 1. The van der Waals surface area contributed by atoms with Crippen LogP contribution in [-0.4, -0.2) is 19.3 Å². The number of nitrogens with one attached hydrogen (secondary N) is 1. The monoisotopic (exact) mass is 433 g/mol. The molecule has 0 aliphatic heterocycles. The zero-order chi connectivity index (χ0) is 20.1. The van der Waals surface area contributed by atoms with E-state index in [0.29, 0.717) is 16.8 Å². The zero-order valence-corrected chi connectivity index (χ0v) is 17.5. The molecule has 28 heavy (non-hydrogen) atoms. The minimum absolute atomic E-state index is 0.262. The Labute approximate surface area is 172 Å². The second kappa shape index (κ2) is 8.87. The molecular formula is C19H19N3O3S3. The lowest BCUT2D eigenvalue weighted by Crippen LogP contribution is -2.15. The fraction of sp³-hybridized carbons (Fsp3) is 0.158. The fourth-order valence-electron chi connectivity index (χ4n) is 2.47. The quantitative estimate of drug-likeness (QED) is 0.552. The molecule has 0 saturated heterocycles. The molecule has 2 aromatic carbocycles. The highest BCUT2D eigenvalue weighted by molar-refractivity contribution is 8.00. The van der Waals surface area contributed by atoms with Gasteiger partial charge in [-0.25, -0.2) is 18.5 Å². The molecule has 0 saturated carbocycles. The Morgan fingerprint density at radius 3 is 2.57 bits per heavy atom. The predicted molar refractivity (Wildman–Crippen MR) is 114 cm³/mol. The van der Waals surface area contributed by atoms with Crippen molar-refractivity contribution in [3.63, 3.8) is 0 Å². The van der Waals surface area contributed by atoms with Crippen LogP contribution < -0.4 is 10.5 Å². The van der Waals surface area contributed by atoms with E-state index in [-0.39, 0.29) is 11.7 Å². The topological polar surface area (TPSA) is 102 Å². The van der Waals surface area contributed by atoms with Crippen LogP contribution >= 0.6 is 23.1 Å². The summed E-state index contributed by atoms with van der Waals surface area (Å²) in [5.41, 5.74) is 3.68. The molecular weight excluding hydrogens is 414 g/mol. The van der Waals surface area contributed by atoms with E-state index in [1.165, 1.54) is 0 Å². The van der Waals surface area contributed by atoms with E-state index in [1.807, 2.05) is 24.4 Å². The van der Waals surface area contributed by atoms with Crippen LogP contribution in [0.2, 0.25) is 0 Å². The lowest BCUT2D eigenvalue weighted by Gasteiger charge is -2.08. The number of aromatic nitrogens is 1. The Bertz CT molecular complexity index is 1080. The number of primary sulfonamides is 1. The van der Waals surface area contributed by atoms with Crippen LogP contribution in [0.1, 0.15) is 27.2 Å². The number of aryl methyl sites for hydroxylation is 1. The van der Waals surface area contributed by atoms with Crippen molar-refractivity contribution in [3.05, 3.63) is 76.3 Å². The smallest absolute Gasteiger partial charge is 0.255 e. The average Bonchev–Trinajstić information content (AvgIpc) is 3.04. The Hall–Kier alpha value is -2.20. The van der Waals surface area contributed by atoms with Gasteiger partial charge in [0.1, 0.15) is 4.34 Å². The number of anilines is 1. The van der Waals surface area contributed by atoms with Gasteiger partial charge >= 0.3 is 0 Å². The van der Waals surface area contributed by atoms with E-state index in [4.69, 9.17) is 5.14 Å². The Balaban J connectivity index is 1.61. The Kier molecular flexibility index (Phi) is 6.50. The second-order valence-corrected chi connectivity index (χ2v) is 9.90. The van der Waals surface area contributed by atoms with Gasteiger partial charge in [0.25, 0.3) is 5.91 Å². The van der Waals surface area contributed by atoms with Crippen LogP contribution in [0.25, 0.3) is 0 Å². The molecule has 0 unspecified atom stereocenters. The van der Waals surface area contributed by atoms with Crippen molar-refractivity contribution < 1.29 is 13.2 Å². The standard InChI is InChI=1S/C19H19N3O3S3/c1-13-10-26-19(21-13)27-11-14-5-7-16(8-6-14)18(23)22-17-4-2-3-15(9-17)12-28(20,24)25/h2-10H,11-12H2,1H3,(H,22,23)(H2,20,24,25). The molecule has 1 heterocycles. The first-order chi connectivity index (χ1) is 13.3. The molecule has 0 aliphatic rings. The third kappa shape index (κ3) is 6.16. The van der Waals surface area contributed by atoms with Gasteiger partial charge < -0.3 is 5.32 Å². The van der Waals surface area contributed by atoms with Gasteiger partial charge in [-0.15, -0.1) is 11.3 Å². The first-order valence-corrected chi connectivity index (χ1v) is 11.9. The molecule has 1 amide bonds. The lowest BCUT2D eigenvalue weighted by molar-refractivity contribution is 0.102. The first-order valence-electron chi connectivity index (χ1n) is 8.33. The lowest BCUT2D eigenvalue weighted by atomic mass is 10.1. The number of carbonyl (C=O) groups excluding carboxylic acids is 1. The van der Waals surface area contributed by atoms with Crippen molar-refractivity contribution in [1.82, 2.24) is 4.98 Å². The molecule has 146 valence electrons. The maximum atomic E-state index is 12.4. The normalized spacial score (nSPS) is 11.4. The number of sulfonamides is 1. The highest BCUT2D eigenvalue weighted by Crippen LogP contribution is 2.26. The molecule has 0 aliphatic carbocycles. The van der Waals surface area contributed by atoms with E-state index >= 15 is 0 Å². The highest BCUT2D eigenvalue weighted by atomic mass is 32.2. The molecule has 0 fully saturated rings. The van der Waals surface area contributed by atoms with Crippen molar-refractivity contribution in [1.29, 1.82) is 0 Å². The summed E-state index contributed by atoms with van der Waals surface area (Å²) in [5, 5.41) is 9.86. The minimum atomic E-state index is -3.62. The summed E-state index contributed by atoms with van der Waals surface area (Å²) in [6.07, 6.45) is 0. The molecule has 3 aromatic rings. The van der Waals surface area contributed by atoms with Crippen molar-refractivity contribution in [2.75, 3.05) is 5.32 Å². The molecule has 6 nitrogen and oxygen atoms in total. The maximum Gasteiger partial charge on any atom is 0.255 e. The van der Waals surface area contributed by atoms with Gasteiger partial charge in [0.05, 0.1) is 5.75 Å². The van der Waals surface area contributed by atoms with Crippen LogP contribution in [0.4, 0.5) is 5.69 Å². The van der Waals surface area contributed by atoms with E-state index < -0.39 is 10.0 Å². The van der Waals surface area contributed by atoms with Crippen molar-refractivity contribution >= 4 is 44.7 Å². The van der Waals surface area contributed by atoms with Crippen LogP contribution in [0.5, 0.6) is 0 Å². The largest absolute Gasteiger partial charge is 0.322 e. The summed E-state index contributed by atoms with van der Waals surface area (Å²) in [5.74, 6) is 0.245. The summed E-state index contributed by atoms with van der Waals surface area (Å²) in [6, 6.07) is 14.0. The van der Waals surface area contributed by atoms with Crippen LogP contribution in [-0.2, 0) is 21.5 Å². The highest BCUT2D eigenvalue weighted by Gasteiger charge is 2.09. The number of nitrogens with two attached hydrogens (primary N) is 1. The van der Waals surface area contributed by atoms with Crippen LogP contribution in [0.15, 0.2) is 58.3 Å². The van der Waals surface area contributed by atoms with Crippen LogP contribution in [0, 0.1) is 6.92 Å².